The molecular weight excluding hydrogens is 232 g/mol. The van der Waals surface area contributed by atoms with Crippen molar-refractivity contribution in [3.05, 3.63) is 34.9 Å². The van der Waals surface area contributed by atoms with Gasteiger partial charge in [0.2, 0.25) is 0 Å². The van der Waals surface area contributed by atoms with Crippen LogP contribution in [-0.4, -0.2) is 30.6 Å². The van der Waals surface area contributed by atoms with Gasteiger partial charge in [0.1, 0.15) is 0 Å². The molecule has 0 bridgehead atoms. The zero-order valence-corrected chi connectivity index (χ0v) is 12.3. The number of rotatable bonds is 3. The predicted octanol–water partition coefficient (Wildman–Crippen LogP) is 2.75. The molecule has 1 N–H and O–H groups in total. The Kier molecular flexibility index (Phi) is 3.90. The Morgan fingerprint density at radius 3 is 2.95 bits per heavy atom. The summed E-state index contributed by atoms with van der Waals surface area (Å²) in [5.41, 5.74) is 4.64. The highest BCUT2D eigenvalue weighted by molar-refractivity contribution is 5.35. The second-order valence-electron chi connectivity index (χ2n) is 6.39. The van der Waals surface area contributed by atoms with Crippen molar-refractivity contribution < 1.29 is 0 Å². The van der Waals surface area contributed by atoms with Crippen LogP contribution in [-0.2, 0) is 19.4 Å². The van der Waals surface area contributed by atoms with Crippen LogP contribution in [0.1, 0.15) is 42.9 Å². The van der Waals surface area contributed by atoms with E-state index in [0.717, 1.165) is 6.54 Å². The summed E-state index contributed by atoms with van der Waals surface area (Å²) in [5.74, 6) is 0. The van der Waals surface area contributed by atoms with Crippen LogP contribution < -0.4 is 5.32 Å². The minimum Gasteiger partial charge on any atom is -0.310 e. The first-order valence-electron chi connectivity index (χ1n) is 7.76. The third-order valence-electron chi connectivity index (χ3n) is 4.97. The van der Waals surface area contributed by atoms with Gasteiger partial charge in [-0.15, -0.1) is 0 Å². The average Bonchev–Trinajstić information content (AvgIpc) is 2.87. The van der Waals surface area contributed by atoms with Gasteiger partial charge in [0.15, 0.2) is 0 Å². The summed E-state index contributed by atoms with van der Waals surface area (Å²) in [5, 5.41) is 3.75. The number of piperidine rings is 1. The maximum Gasteiger partial charge on any atom is 0.0208 e. The second kappa shape index (κ2) is 5.64. The molecule has 1 heterocycles. The van der Waals surface area contributed by atoms with Crippen LogP contribution in [0.4, 0.5) is 0 Å². The average molecular weight is 258 g/mol. The molecule has 104 valence electrons. The van der Waals surface area contributed by atoms with Gasteiger partial charge in [-0.25, -0.2) is 0 Å². The first-order chi connectivity index (χ1) is 9.22. The fourth-order valence-corrected chi connectivity index (χ4v) is 3.47. The smallest absolute Gasteiger partial charge is 0.0208 e. The number of aryl methyl sites for hydroxylation is 2. The third-order valence-corrected chi connectivity index (χ3v) is 4.97. The molecule has 1 aliphatic carbocycles. The van der Waals surface area contributed by atoms with Gasteiger partial charge in [0.05, 0.1) is 0 Å². The molecule has 0 radical (unpaired) electrons. The van der Waals surface area contributed by atoms with E-state index in [2.05, 4.69) is 42.4 Å². The summed E-state index contributed by atoms with van der Waals surface area (Å²) in [7, 11) is 2.24. The van der Waals surface area contributed by atoms with Crippen molar-refractivity contribution in [3.63, 3.8) is 0 Å². The van der Waals surface area contributed by atoms with Crippen molar-refractivity contribution in [1.82, 2.24) is 10.2 Å². The van der Waals surface area contributed by atoms with E-state index in [-0.39, 0.29) is 0 Å². The van der Waals surface area contributed by atoms with E-state index in [0.29, 0.717) is 12.1 Å². The zero-order chi connectivity index (χ0) is 13.2. The van der Waals surface area contributed by atoms with Gasteiger partial charge < -0.3 is 10.2 Å². The van der Waals surface area contributed by atoms with Crippen molar-refractivity contribution in [1.29, 1.82) is 0 Å². The highest BCUT2D eigenvalue weighted by atomic mass is 15.1. The molecule has 2 unspecified atom stereocenters. The largest absolute Gasteiger partial charge is 0.310 e. The normalized spacial score (nSPS) is 27.5. The zero-order valence-electron chi connectivity index (χ0n) is 12.3. The summed E-state index contributed by atoms with van der Waals surface area (Å²) in [4.78, 5) is 2.47. The van der Waals surface area contributed by atoms with Crippen LogP contribution in [0.2, 0.25) is 0 Å². The van der Waals surface area contributed by atoms with E-state index in [9.17, 15) is 0 Å². The third kappa shape index (κ3) is 3.01. The molecule has 2 atom stereocenters. The van der Waals surface area contributed by atoms with Crippen LogP contribution >= 0.6 is 0 Å². The van der Waals surface area contributed by atoms with Crippen molar-refractivity contribution in [3.8, 4) is 0 Å². The van der Waals surface area contributed by atoms with Gasteiger partial charge in [-0.1, -0.05) is 18.2 Å². The van der Waals surface area contributed by atoms with Gasteiger partial charge in [0.25, 0.3) is 0 Å². The van der Waals surface area contributed by atoms with E-state index >= 15 is 0 Å². The van der Waals surface area contributed by atoms with Crippen LogP contribution in [0.5, 0.6) is 0 Å². The predicted molar refractivity (Wildman–Crippen MR) is 80.4 cm³/mol. The van der Waals surface area contributed by atoms with Gasteiger partial charge >= 0.3 is 0 Å². The summed E-state index contributed by atoms with van der Waals surface area (Å²) in [6.45, 7) is 4.60. The first kappa shape index (κ1) is 13.1. The molecule has 0 spiro atoms. The molecule has 0 saturated carbocycles. The topological polar surface area (TPSA) is 15.3 Å². The Bertz CT molecular complexity index is 441. The standard InChI is InChI=1S/C17H26N2/c1-13-10-17(8-9-19(13)2)18-12-14-6-7-15-4-3-5-16(15)11-14/h6-7,11,13,17-18H,3-5,8-10,12H2,1-2H3. The van der Waals surface area contributed by atoms with Gasteiger partial charge in [-0.3, -0.25) is 0 Å². The van der Waals surface area contributed by atoms with Crippen molar-refractivity contribution in [2.75, 3.05) is 13.6 Å². The maximum absolute atomic E-state index is 3.75. The van der Waals surface area contributed by atoms with Gasteiger partial charge in [-0.2, -0.15) is 0 Å². The van der Waals surface area contributed by atoms with Crippen molar-refractivity contribution >= 4 is 0 Å². The van der Waals surface area contributed by atoms with E-state index in [4.69, 9.17) is 0 Å². The number of nitrogens with zero attached hydrogens (tertiary/aromatic N) is 1. The lowest BCUT2D eigenvalue weighted by atomic mass is 9.98. The lowest BCUT2D eigenvalue weighted by molar-refractivity contribution is 0.168. The van der Waals surface area contributed by atoms with E-state index in [1.165, 1.54) is 44.2 Å². The number of hydrogen-bond acceptors (Lipinski definition) is 2. The number of hydrogen-bond donors (Lipinski definition) is 1. The minimum absolute atomic E-state index is 0.694. The molecule has 1 aromatic rings. The molecule has 0 amide bonds. The molecular formula is C17H26N2. The highest BCUT2D eigenvalue weighted by Gasteiger charge is 2.22. The Morgan fingerprint density at radius 2 is 2.11 bits per heavy atom. The highest BCUT2D eigenvalue weighted by Crippen LogP contribution is 2.23. The summed E-state index contributed by atoms with van der Waals surface area (Å²) in [6, 6.07) is 8.49. The van der Waals surface area contributed by atoms with E-state index < -0.39 is 0 Å². The van der Waals surface area contributed by atoms with Crippen molar-refractivity contribution in [2.24, 2.45) is 0 Å². The van der Waals surface area contributed by atoms with Crippen LogP contribution in [0, 0.1) is 0 Å². The van der Waals surface area contributed by atoms with E-state index in [1.54, 1.807) is 11.1 Å². The number of nitrogens with one attached hydrogen (secondary N) is 1. The molecule has 1 saturated heterocycles. The van der Waals surface area contributed by atoms with Crippen LogP contribution in [0.25, 0.3) is 0 Å². The lowest BCUT2D eigenvalue weighted by Crippen LogP contribution is -2.45. The maximum atomic E-state index is 3.75. The SMILES string of the molecule is CC1CC(NCc2ccc3c(c2)CCC3)CCN1C. The number of likely N-dealkylation sites (tertiary alicyclic amines) is 1. The molecule has 2 aliphatic rings. The molecule has 0 aromatic heterocycles. The summed E-state index contributed by atoms with van der Waals surface area (Å²) >= 11 is 0. The fraction of sp³-hybridized carbons (Fsp3) is 0.647. The molecule has 1 aliphatic heterocycles. The Labute approximate surface area is 117 Å². The molecule has 1 fully saturated rings. The first-order valence-corrected chi connectivity index (χ1v) is 7.76. The monoisotopic (exact) mass is 258 g/mol. The Hall–Kier alpha value is -0.860. The van der Waals surface area contributed by atoms with E-state index in [1.807, 2.05) is 0 Å². The second-order valence-corrected chi connectivity index (χ2v) is 6.39. The lowest BCUT2D eigenvalue weighted by Gasteiger charge is -2.35. The summed E-state index contributed by atoms with van der Waals surface area (Å²) in [6.07, 6.45) is 6.48. The van der Waals surface area contributed by atoms with Gasteiger partial charge in [-0.05, 0) is 69.3 Å². The number of fused-ring (bicyclic) bond motifs is 1. The van der Waals surface area contributed by atoms with Crippen LogP contribution in [0.15, 0.2) is 18.2 Å². The quantitative estimate of drug-likeness (QED) is 0.897. The minimum atomic E-state index is 0.694. The fourth-order valence-electron chi connectivity index (χ4n) is 3.47. The summed E-state index contributed by atoms with van der Waals surface area (Å²) < 4.78 is 0. The molecule has 3 rings (SSSR count). The molecule has 19 heavy (non-hydrogen) atoms. The Morgan fingerprint density at radius 1 is 1.26 bits per heavy atom. The Balaban J connectivity index is 1.55. The molecule has 1 aromatic carbocycles. The van der Waals surface area contributed by atoms with Crippen molar-refractivity contribution in [2.45, 2.75) is 57.7 Å². The molecule has 2 nitrogen and oxygen atoms in total. The van der Waals surface area contributed by atoms with Gasteiger partial charge in [0, 0.05) is 18.6 Å². The number of benzene rings is 1. The molecule has 2 heteroatoms. The van der Waals surface area contributed by atoms with Crippen LogP contribution in [0.3, 0.4) is 0 Å².